The van der Waals surface area contributed by atoms with E-state index in [1.54, 1.807) is 0 Å². The van der Waals surface area contributed by atoms with E-state index in [0.29, 0.717) is 6.10 Å². The highest BCUT2D eigenvalue weighted by Gasteiger charge is 2.16. The summed E-state index contributed by atoms with van der Waals surface area (Å²) in [4.78, 5) is 0. The Labute approximate surface area is 62.3 Å². The Morgan fingerprint density at radius 1 is 1.70 bits per heavy atom. The zero-order valence-corrected chi connectivity index (χ0v) is 6.68. The van der Waals surface area contributed by atoms with Crippen molar-refractivity contribution in [3.8, 4) is 0 Å². The second-order valence-corrected chi connectivity index (χ2v) is 2.73. The fourth-order valence-electron chi connectivity index (χ4n) is 0.713. The molecule has 10 heavy (non-hydrogen) atoms. The lowest BCUT2D eigenvalue weighted by atomic mass is 10.2. The van der Waals surface area contributed by atoms with Crippen LogP contribution in [0.25, 0.3) is 0 Å². The van der Waals surface area contributed by atoms with Gasteiger partial charge in [-0.05, 0) is 13.8 Å². The first-order chi connectivity index (χ1) is 4.83. The third-order valence-corrected chi connectivity index (χ3v) is 1.78. The van der Waals surface area contributed by atoms with Gasteiger partial charge in [-0.15, -0.1) is 0 Å². The second-order valence-electron chi connectivity index (χ2n) is 2.73. The monoisotopic (exact) mass is 141 g/mol. The minimum absolute atomic E-state index is 0.467. The smallest absolute Gasteiger partial charge is 0.0827 e. The van der Waals surface area contributed by atoms with E-state index < -0.39 is 0 Å². The summed E-state index contributed by atoms with van der Waals surface area (Å²) in [6, 6.07) is 0. The van der Waals surface area contributed by atoms with Crippen LogP contribution in [0, 0.1) is 0 Å². The molecule has 1 fully saturated rings. The summed E-state index contributed by atoms with van der Waals surface area (Å²) in [5, 5.41) is 3.16. The molecule has 0 aromatic rings. The van der Waals surface area contributed by atoms with Crippen LogP contribution in [-0.2, 0) is 4.74 Å². The van der Waals surface area contributed by atoms with Crippen LogP contribution in [0.1, 0.15) is 13.8 Å². The average Bonchev–Trinajstić information content (AvgIpc) is 1.84. The van der Waals surface area contributed by atoms with Crippen molar-refractivity contribution in [2.75, 3.05) is 19.7 Å². The Morgan fingerprint density at radius 3 is 2.80 bits per heavy atom. The lowest BCUT2D eigenvalue weighted by Crippen LogP contribution is -2.48. The van der Waals surface area contributed by atoms with Crippen molar-refractivity contribution >= 4 is 0 Å². The van der Waals surface area contributed by atoms with E-state index in [0.717, 1.165) is 19.7 Å². The zero-order valence-electron chi connectivity index (χ0n) is 6.68. The van der Waals surface area contributed by atoms with Gasteiger partial charge in [-0.1, -0.05) is 11.6 Å². The van der Waals surface area contributed by atoms with Crippen molar-refractivity contribution < 1.29 is 4.74 Å². The Hall–Kier alpha value is -0.340. The topological polar surface area (TPSA) is 21.3 Å². The van der Waals surface area contributed by atoms with E-state index in [9.17, 15) is 0 Å². The Balaban J connectivity index is 2.04. The van der Waals surface area contributed by atoms with Gasteiger partial charge < -0.3 is 10.1 Å². The molecule has 0 aliphatic carbocycles. The average molecular weight is 141 g/mol. The summed E-state index contributed by atoms with van der Waals surface area (Å²) >= 11 is 0. The maximum Gasteiger partial charge on any atom is 0.0827 e. The summed E-state index contributed by atoms with van der Waals surface area (Å²) in [6.45, 7) is 6.97. The van der Waals surface area contributed by atoms with Crippen molar-refractivity contribution in [1.29, 1.82) is 0 Å². The largest absolute Gasteiger partial charge is 0.371 e. The maximum absolute atomic E-state index is 5.50. The summed E-state index contributed by atoms with van der Waals surface area (Å²) in [5.74, 6) is 0. The molecule has 58 valence electrons. The molecule has 0 radical (unpaired) electrons. The number of hydrogen-bond donors (Lipinski definition) is 1. The summed E-state index contributed by atoms with van der Waals surface area (Å²) in [7, 11) is 0. The van der Waals surface area contributed by atoms with Gasteiger partial charge >= 0.3 is 0 Å². The standard InChI is InChI=1S/C8H15NO/c1-3-7(2)6-10-8-4-9-5-8/h3,8-9H,4-6H2,1-2H3. The SMILES string of the molecule is CC=C(C)COC1CNC1. The molecule has 0 spiro atoms. The molecule has 0 saturated carbocycles. The quantitative estimate of drug-likeness (QED) is 0.591. The molecule has 1 heterocycles. The predicted molar refractivity (Wildman–Crippen MR) is 42.0 cm³/mol. The molecule has 1 saturated heterocycles. The minimum Gasteiger partial charge on any atom is -0.371 e. The van der Waals surface area contributed by atoms with Crippen LogP contribution in [0.3, 0.4) is 0 Å². The Bertz CT molecular complexity index is 127. The fourth-order valence-corrected chi connectivity index (χ4v) is 0.713. The van der Waals surface area contributed by atoms with Gasteiger partial charge in [-0.25, -0.2) is 0 Å². The first kappa shape index (κ1) is 7.76. The van der Waals surface area contributed by atoms with Crippen LogP contribution in [-0.4, -0.2) is 25.8 Å². The highest BCUT2D eigenvalue weighted by atomic mass is 16.5. The van der Waals surface area contributed by atoms with Gasteiger partial charge in [0.1, 0.15) is 0 Å². The zero-order chi connectivity index (χ0) is 7.40. The molecule has 1 aliphatic heterocycles. The molecule has 2 nitrogen and oxygen atoms in total. The van der Waals surface area contributed by atoms with Crippen molar-refractivity contribution in [3.05, 3.63) is 11.6 Å². The van der Waals surface area contributed by atoms with Crippen LogP contribution in [0.15, 0.2) is 11.6 Å². The first-order valence-electron chi connectivity index (χ1n) is 3.77. The van der Waals surface area contributed by atoms with E-state index in [-0.39, 0.29) is 0 Å². The van der Waals surface area contributed by atoms with Gasteiger partial charge in [0.15, 0.2) is 0 Å². The van der Waals surface area contributed by atoms with Gasteiger partial charge in [0.2, 0.25) is 0 Å². The van der Waals surface area contributed by atoms with Gasteiger partial charge in [-0.2, -0.15) is 0 Å². The lowest BCUT2D eigenvalue weighted by Gasteiger charge is -2.27. The van der Waals surface area contributed by atoms with Crippen molar-refractivity contribution in [1.82, 2.24) is 5.32 Å². The van der Waals surface area contributed by atoms with E-state index in [1.807, 2.05) is 6.92 Å². The number of hydrogen-bond acceptors (Lipinski definition) is 2. The molecule has 2 heteroatoms. The van der Waals surface area contributed by atoms with Crippen LogP contribution in [0.4, 0.5) is 0 Å². The molecule has 0 aromatic heterocycles. The Morgan fingerprint density at radius 2 is 2.40 bits per heavy atom. The third-order valence-electron chi connectivity index (χ3n) is 1.78. The minimum atomic E-state index is 0.467. The molecular weight excluding hydrogens is 126 g/mol. The van der Waals surface area contributed by atoms with Crippen LogP contribution in [0.2, 0.25) is 0 Å². The normalized spacial score (nSPS) is 20.8. The predicted octanol–water partition coefficient (Wildman–Crippen LogP) is 0.941. The van der Waals surface area contributed by atoms with Crippen LogP contribution >= 0.6 is 0 Å². The van der Waals surface area contributed by atoms with Crippen molar-refractivity contribution in [3.63, 3.8) is 0 Å². The lowest BCUT2D eigenvalue weighted by molar-refractivity contribution is 0.0326. The molecule has 0 unspecified atom stereocenters. The number of ether oxygens (including phenoxy) is 1. The molecule has 1 aliphatic rings. The molecule has 1 rings (SSSR count). The summed E-state index contributed by atoms with van der Waals surface area (Å²) in [6.07, 6.45) is 2.56. The first-order valence-corrected chi connectivity index (χ1v) is 3.77. The maximum atomic E-state index is 5.50. The van der Waals surface area contributed by atoms with E-state index in [1.165, 1.54) is 5.57 Å². The van der Waals surface area contributed by atoms with Crippen molar-refractivity contribution in [2.45, 2.75) is 20.0 Å². The van der Waals surface area contributed by atoms with Crippen molar-refractivity contribution in [2.24, 2.45) is 0 Å². The van der Waals surface area contributed by atoms with Gasteiger partial charge in [-0.3, -0.25) is 0 Å². The number of rotatable bonds is 3. The highest BCUT2D eigenvalue weighted by Crippen LogP contribution is 2.01. The van der Waals surface area contributed by atoms with E-state index in [4.69, 9.17) is 4.74 Å². The molecule has 0 atom stereocenters. The number of nitrogens with one attached hydrogen (secondary N) is 1. The highest BCUT2D eigenvalue weighted by molar-refractivity contribution is 4.96. The van der Waals surface area contributed by atoms with E-state index >= 15 is 0 Å². The Kier molecular flexibility index (Phi) is 2.90. The molecule has 0 aromatic carbocycles. The van der Waals surface area contributed by atoms with Gasteiger partial charge in [0.05, 0.1) is 12.7 Å². The summed E-state index contributed by atoms with van der Waals surface area (Å²) < 4.78 is 5.50. The fraction of sp³-hybridized carbons (Fsp3) is 0.750. The summed E-state index contributed by atoms with van der Waals surface area (Å²) in [5.41, 5.74) is 1.31. The number of allylic oxidation sites excluding steroid dienone is 1. The molecule has 0 bridgehead atoms. The van der Waals surface area contributed by atoms with Gasteiger partial charge in [0, 0.05) is 13.1 Å². The van der Waals surface area contributed by atoms with E-state index in [2.05, 4.69) is 18.3 Å². The molecule has 1 N–H and O–H groups in total. The third kappa shape index (κ3) is 2.12. The molecule has 0 amide bonds. The van der Waals surface area contributed by atoms with Crippen LogP contribution < -0.4 is 5.32 Å². The van der Waals surface area contributed by atoms with Gasteiger partial charge in [0.25, 0.3) is 0 Å². The second kappa shape index (κ2) is 3.74. The molecular formula is C8H15NO. The van der Waals surface area contributed by atoms with Crippen LogP contribution in [0.5, 0.6) is 0 Å².